The molecule has 3 N–H and O–H groups in total. The predicted molar refractivity (Wildman–Crippen MR) is 118 cm³/mol. The van der Waals surface area contributed by atoms with Crippen LogP contribution in [0.25, 0.3) is 0 Å². The maximum atomic E-state index is 13.5. The van der Waals surface area contributed by atoms with Crippen LogP contribution in [0.3, 0.4) is 0 Å². The number of hydrogen-bond donors (Lipinski definition) is 2. The van der Waals surface area contributed by atoms with Crippen molar-refractivity contribution < 1.29 is 21.6 Å². The molecule has 3 heterocycles. The van der Waals surface area contributed by atoms with E-state index < -0.39 is 32.0 Å². The first-order chi connectivity index (χ1) is 14.2. The van der Waals surface area contributed by atoms with Gasteiger partial charge >= 0.3 is 0 Å². The number of carbonyl (C=O) groups excluding carboxylic acids is 1. The van der Waals surface area contributed by atoms with Gasteiger partial charge in [0.1, 0.15) is 16.3 Å². The minimum atomic E-state index is -4.10. The Bertz CT molecular complexity index is 1070. The number of sulfonamides is 2. The van der Waals surface area contributed by atoms with Crippen LogP contribution in [0.15, 0.2) is 17.2 Å². The monoisotopic (exact) mass is 473 g/mol. The molecule has 174 valence electrons. The average Bonchev–Trinajstić information content (AvgIpc) is 2.91. The summed E-state index contributed by atoms with van der Waals surface area (Å²) < 4.78 is 53.9. The lowest BCUT2D eigenvalue weighted by Crippen LogP contribution is -2.49. The van der Waals surface area contributed by atoms with Crippen LogP contribution in [0, 0.1) is 5.92 Å². The zero-order valence-electron chi connectivity index (χ0n) is 18.3. The second kappa shape index (κ2) is 8.30. The Morgan fingerprint density at radius 2 is 1.94 bits per heavy atom. The number of nitrogens with zero attached hydrogens (tertiary/aromatic N) is 3. The molecule has 0 bridgehead atoms. The number of piperidine rings is 1. The number of pyridine rings is 1. The molecule has 2 fully saturated rings. The van der Waals surface area contributed by atoms with Gasteiger partial charge in [-0.15, -0.1) is 0 Å². The zero-order valence-corrected chi connectivity index (χ0v) is 20.0. The van der Waals surface area contributed by atoms with E-state index in [0.717, 1.165) is 12.7 Å². The lowest BCUT2D eigenvalue weighted by atomic mass is 9.97. The summed E-state index contributed by atoms with van der Waals surface area (Å²) in [5.74, 6) is -0.242. The second-order valence-corrected chi connectivity index (χ2v) is 12.9. The molecule has 1 amide bonds. The van der Waals surface area contributed by atoms with Gasteiger partial charge in [-0.25, -0.2) is 26.5 Å². The molecule has 2 unspecified atom stereocenters. The molecule has 0 radical (unpaired) electrons. The Morgan fingerprint density at radius 3 is 2.48 bits per heavy atom. The molecular formula is C19H31N5O5S2. The van der Waals surface area contributed by atoms with Gasteiger partial charge in [-0.05, 0) is 45.1 Å². The molecule has 2 aliphatic rings. The topological polar surface area (TPSA) is 143 Å². The largest absolute Gasteiger partial charge is 0.365 e. The van der Waals surface area contributed by atoms with Crippen molar-refractivity contribution in [2.45, 2.75) is 56.5 Å². The van der Waals surface area contributed by atoms with E-state index in [9.17, 15) is 21.6 Å². The predicted octanol–water partition coefficient (Wildman–Crippen LogP) is 0.508. The summed E-state index contributed by atoms with van der Waals surface area (Å²) in [6, 6.07) is 0.759. The molecule has 0 aromatic carbocycles. The lowest BCUT2D eigenvalue weighted by molar-refractivity contribution is 0.0997. The van der Waals surface area contributed by atoms with Crippen LogP contribution in [0.1, 0.15) is 50.4 Å². The van der Waals surface area contributed by atoms with Gasteiger partial charge in [0.25, 0.3) is 5.91 Å². The SMILES string of the molecule is CC1CN(c2nccc(S(=O)(=O)N3CCCC(NS(C)(=O)=O)C3)c2C(N)=O)C(C)(C)C1. The van der Waals surface area contributed by atoms with Crippen LogP contribution in [0.5, 0.6) is 0 Å². The Kier molecular flexibility index (Phi) is 6.40. The van der Waals surface area contributed by atoms with Gasteiger partial charge in [0.15, 0.2) is 0 Å². The highest BCUT2D eigenvalue weighted by Crippen LogP contribution is 2.39. The molecule has 0 aliphatic carbocycles. The van der Waals surface area contributed by atoms with Crippen LogP contribution in [0.4, 0.5) is 5.82 Å². The van der Waals surface area contributed by atoms with Crippen molar-refractivity contribution in [3.05, 3.63) is 17.8 Å². The first-order valence-electron chi connectivity index (χ1n) is 10.3. The third-order valence-electron chi connectivity index (χ3n) is 5.85. The van der Waals surface area contributed by atoms with Crippen LogP contribution in [0.2, 0.25) is 0 Å². The summed E-state index contributed by atoms with van der Waals surface area (Å²) in [6.07, 6.45) is 4.31. The molecule has 2 saturated heterocycles. The molecule has 2 atom stereocenters. The number of carbonyl (C=O) groups is 1. The molecule has 31 heavy (non-hydrogen) atoms. The fourth-order valence-electron chi connectivity index (χ4n) is 4.74. The Morgan fingerprint density at radius 1 is 1.26 bits per heavy atom. The number of amides is 1. The van der Waals surface area contributed by atoms with Gasteiger partial charge < -0.3 is 10.6 Å². The molecule has 0 spiro atoms. The van der Waals surface area contributed by atoms with E-state index in [4.69, 9.17) is 5.73 Å². The van der Waals surface area contributed by atoms with E-state index in [1.165, 1.54) is 16.6 Å². The summed E-state index contributed by atoms with van der Waals surface area (Å²) in [5, 5.41) is 0. The van der Waals surface area contributed by atoms with Gasteiger partial charge in [-0.1, -0.05) is 6.92 Å². The van der Waals surface area contributed by atoms with Crippen molar-refractivity contribution in [3.63, 3.8) is 0 Å². The van der Waals surface area contributed by atoms with Crippen molar-refractivity contribution in [3.8, 4) is 0 Å². The molecule has 10 nitrogen and oxygen atoms in total. The highest BCUT2D eigenvalue weighted by molar-refractivity contribution is 7.89. The normalized spacial score (nSPS) is 25.0. The molecule has 12 heteroatoms. The zero-order chi connectivity index (χ0) is 23.2. The van der Waals surface area contributed by atoms with E-state index in [0.29, 0.717) is 25.3 Å². The number of aromatic nitrogens is 1. The van der Waals surface area contributed by atoms with Gasteiger partial charge in [0.05, 0.1) is 6.26 Å². The number of rotatable bonds is 6. The standard InChI is InChI=1S/C19H31N5O5S2/c1-13-10-19(2,3)24(11-13)18-16(17(20)25)15(7-8-21-18)31(28,29)23-9-5-6-14(12-23)22-30(4,26)27/h7-8,13-14,22H,5-6,9-12H2,1-4H3,(H2,20,25). The summed E-state index contributed by atoms with van der Waals surface area (Å²) >= 11 is 0. The highest BCUT2D eigenvalue weighted by Gasteiger charge is 2.41. The minimum absolute atomic E-state index is 0.0164. The summed E-state index contributed by atoms with van der Waals surface area (Å²) in [6.45, 7) is 6.99. The maximum absolute atomic E-state index is 13.5. The molecule has 1 aromatic heterocycles. The summed E-state index contributed by atoms with van der Waals surface area (Å²) in [7, 11) is -7.58. The van der Waals surface area contributed by atoms with Crippen LogP contribution in [-0.2, 0) is 20.0 Å². The van der Waals surface area contributed by atoms with Gasteiger partial charge in [0, 0.05) is 37.4 Å². The van der Waals surface area contributed by atoms with Crippen molar-refractivity contribution in [2.75, 3.05) is 30.8 Å². The lowest BCUT2D eigenvalue weighted by Gasteiger charge is -2.35. The van der Waals surface area contributed by atoms with E-state index in [1.54, 1.807) is 0 Å². The molecule has 0 saturated carbocycles. The van der Waals surface area contributed by atoms with Crippen LogP contribution in [-0.4, -0.2) is 69.5 Å². The van der Waals surface area contributed by atoms with E-state index in [2.05, 4.69) is 16.6 Å². The van der Waals surface area contributed by atoms with Crippen LogP contribution >= 0.6 is 0 Å². The van der Waals surface area contributed by atoms with Gasteiger partial charge in [-0.2, -0.15) is 4.31 Å². The number of hydrogen-bond acceptors (Lipinski definition) is 7. The number of primary amides is 1. The minimum Gasteiger partial charge on any atom is -0.365 e. The van der Waals surface area contributed by atoms with Crippen molar-refractivity contribution in [1.29, 1.82) is 0 Å². The number of anilines is 1. The maximum Gasteiger partial charge on any atom is 0.253 e. The van der Waals surface area contributed by atoms with Crippen LogP contribution < -0.4 is 15.4 Å². The third-order valence-corrected chi connectivity index (χ3v) is 8.52. The molecule has 1 aromatic rings. The molecule has 2 aliphatic heterocycles. The Labute approximate surface area is 184 Å². The van der Waals surface area contributed by atoms with Gasteiger partial charge in [0.2, 0.25) is 20.0 Å². The van der Waals surface area contributed by atoms with Crippen molar-refractivity contribution in [1.82, 2.24) is 14.0 Å². The second-order valence-electron chi connectivity index (χ2n) is 9.20. The first kappa shape index (κ1) is 23.9. The first-order valence-corrected chi connectivity index (χ1v) is 13.6. The summed E-state index contributed by atoms with van der Waals surface area (Å²) in [5.41, 5.74) is 5.23. The quantitative estimate of drug-likeness (QED) is 0.613. The van der Waals surface area contributed by atoms with Crippen molar-refractivity contribution >= 4 is 31.8 Å². The molecule has 3 rings (SSSR count). The smallest absolute Gasteiger partial charge is 0.253 e. The Hall–Kier alpha value is -1.76. The molecular weight excluding hydrogens is 442 g/mol. The highest BCUT2D eigenvalue weighted by atomic mass is 32.2. The fourth-order valence-corrected chi connectivity index (χ4v) is 7.25. The van der Waals surface area contributed by atoms with Gasteiger partial charge in [-0.3, -0.25) is 4.79 Å². The average molecular weight is 474 g/mol. The number of nitrogens with one attached hydrogen (secondary N) is 1. The number of nitrogens with two attached hydrogens (primary N) is 1. The van der Waals surface area contributed by atoms with Crippen molar-refractivity contribution in [2.24, 2.45) is 11.7 Å². The van der Waals surface area contributed by atoms with E-state index >= 15 is 0 Å². The van der Waals surface area contributed by atoms with E-state index in [-0.39, 0.29) is 34.9 Å². The third kappa shape index (κ3) is 5.02. The summed E-state index contributed by atoms with van der Waals surface area (Å²) in [4.78, 5) is 18.6. The van der Waals surface area contributed by atoms with E-state index in [1.807, 2.05) is 18.7 Å². The fraction of sp³-hybridized carbons (Fsp3) is 0.684. The Balaban J connectivity index is 2.03.